The molecule has 0 radical (unpaired) electrons. The Morgan fingerprint density at radius 1 is 0.784 bits per heavy atom. The van der Waals surface area contributed by atoms with Crippen molar-refractivity contribution in [2.45, 2.75) is 76.5 Å². The zero-order chi connectivity index (χ0) is 26.1. The standard InChI is InChI=1S/C28H37N3O6/c32-24-8-7-23(25(33)29-24)21-5-6-22-16-31(14-11-20(22)15-21)27(35)18-3-1-17(2-4-18)26(34)30-12-9-19(10-13-30)28(36)37/h5-6,15,17-19,23-24,32H,1-4,7-14,16H2,(H,29,33)(H,36,37)/t17-,18-,23?,24?. The Morgan fingerprint density at radius 2 is 1.43 bits per heavy atom. The summed E-state index contributed by atoms with van der Waals surface area (Å²) < 4.78 is 0. The Balaban J connectivity index is 1.12. The van der Waals surface area contributed by atoms with E-state index in [1.807, 2.05) is 21.9 Å². The first-order chi connectivity index (χ1) is 17.8. The number of aliphatic carboxylic acids is 1. The van der Waals surface area contributed by atoms with E-state index in [1.54, 1.807) is 0 Å². The molecule has 9 heteroatoms. The number of benzene rings is 1. The van der Waals surface area contributed by atoms with E-state index in [0.717, 1.165) is 17.5 Å². The van der Waals surface area contributed by atoms with Crippen LogP contribution in [0.3, 0.4) is 0 Å². The average Bonchev–Trinajstić information content (AvgIpc) is 2.92. The molecule has 0 spiro atoms. The molecule has 3 amide bonds. The third-order valence-electron chi connectivity index (χ3n) is 8.89. The van der Waals surface area contributed by atoms with Gasteiger partial charge >= 0.3 is 5.97 Å². The SMILES string of the molecule is O=C(O)C1CCN(C(=O)[C@H]2CC[C@H](C(=O)N3CCc4cc(C5CCC(O)NC5=O)ccc4C3)CC2)CC1. The van der Waals surface area contributed by atoms with Crippen LogP contribution in [0.1, 0.15) is 74.0 Å². The number of fused-ring (bicyclic) bond motifs is 1. The summed E-state index contributed by atoms with van der Waals surface area (Å²) in [7, 11) is 0. The van der Waals surface area contributed by atoms with Crippen LogP contribution in [0.4, 0.5) is 0 Å². The first-order valence-electron chi connectivity index (χ1n) is 13.7. The summed E-state index contributed by atoms with van der Waals surface area (Å²) >= 11 is 0. The minimum absolute atomic E-state index is 0.0556. The van der Waals surface area contributed by atoms with Crippen LogP contribution in [0.2, 0.25) is 0 Å². The number of hydrogen-bond acceptors (Lipinski definition) is 5. The maximum Gasteiger partial charge on any atom is 0.306 e. The quantitative estimate of drug-likeness (QED) is 0.568. The van der Waals surface area contributed by atoms with Gasteiger partial charge in [0.05, 0.1) is 11.8 Å². The van der Waals surface area contributed by atoms with Crippen LogP contribution in [0, 0.1) is 17.8 Å². The first kappa shape index (κ1) is 25.7. The molecular weight excluding hydrogens is 474 g/mol. The second-order valence-corrected chi connectivity index (χ2v) is 11.2. The molecule has 9 nitrogen and oxygen atoms in total. The lowest BCUT2D eigenvalue weighted by atomic mass is 9.80. The number of hydrogen-bond donors (Lipinski definition) is 3. The van der Waals surface area contributed by atoms with Gasteiger partial charge in [-0.2, -0.15) is 0 Å². The predicted octanol–water partition coefficient (Wildman–Crippen LogP) is 2.01. The van der Waals surface area contributed by atoms with Gasteiger partial charge in [-0.05, 0) is 74.5 Å². The van der Waals surface area contributed by atoms with Crippen LogP contribution >= 0.6 is 0 Å². The second-order valence-electron chi connectivity index (χ2n) is 11.2. The van der Waals surface area contributed by atoms with Gasteiger partial charge in [-0.3, -0.25) is 19.2 Å². The predicted molar refractivity (Wildman–Crippen MR) is 134 cm³/mol. The smallest absolute Gasteiger partial charge is 0.306 e. The number of rotatable bonds is 4. The summed E-state index contributed by atoms with van der Waals surface area (Å²) in [5.74, 6) is -1.32. The Morgan fingerprint density at radius 3 is 2.05 bits per heavy atom. The van der Waals surface area contributed by atoms with Crippen molar-refractivity contribution in [2.24, 2.45) is 17.8 Å². The number of carboxylic acid groups (broad SMARTS) is 1. The number of carbonyl (C=O) groups is 4. The highest BCUT2D eigenvalue weighted by molar-refractivity contribution is 5.85. The third kappa shape index (κ3) is 5.51. The van der Waals surface area contributed by atoms with Gasteiger partial charge in [-0.1, -0.05) is 18.2 Å². The van der Waals surface area contributed by atoms with Gasteiger partial charge in [0, 0.05) is 38.0 Å². The number of aliphatic hydroxyl groups excluding tert-OH is 1. The fourth-order valence-corrected chi connectivity index (χ4v) is 6.54. The summed E-state index contributed by atoms with van der Waals surface area (Å²) in [6, 6.07) is 6.10. The second kappa shape index (κ2) is 10.8. The maximum absolute atomic E-state index is 13.3. The van der Waals surface area contributed by atoms with Crippen molar-refractivity contribution in [3.05, 3.63) is 34.9 Å². The molecule has 0 aromatic heterocycles. The Kier molecular flexibility index (Phi) is 7.51. The van der Waals surface area contributed by atoms with Crippen molar-refractivity contribution < 1.29 is 29.4 Å². The molecule has 4 aliphatic rings. The molecule has 5 rings (SSSR count). The molecule has 3 N–H and O–H groups in total. The number of carbonyl (C=O) groups excluding carboxylic acids is 3. The summed E-state index contributed by atoms with van der Waals surface area (Å²) in [6.45, 7) is 2.25. The van der Waals surface area contributed by atoms with E-state index < -0.39 is 12.2 Å². The minimum atomic E-state index is -0.774. The molecule has 3 heterocycles. The fourth-order valence-electron chi connectivity index (χ4n) is 6.54. The number of amides is 3. The van der Waals surface area contributed by atoms with E-state index in [1.165, 1.54) is 5.56 Å². The van der Waals surface area contributed by atoms with Gasteiger partial charge in [0.2, 0.25) is 17.7 Å². The number of likely N-dealkylation sites (tertiary alicyclic amines) is 1. The van der Waals surface area contributed by atoms with Gasteiger partial charge in [0.15, 0.2) is 0 Å². The molecule has 200 valence electrons. The van der Waals surface area contributed by atoms with Crippen molar-refractivity contribution in [3.63, 3.8) is 0 Å². The summed E-state index contributed by atoms with van der Waals surface area (Å²) in [5.41, 5.74) is 3.27. The first-order valence-corrected chi connectivity index (χ1v) is 13.7. The normalized spacial score (nSPS) is 28.8. The van der Waals surface area contributed by atoms with Crippen LogP contribution in [-0.2, 0) is 32.1 Å². The van der Waals surface area contributed by atoms with Crippen molar-refractivity contribution in [3.8, 4) is 0 Å². The summed E-state index contributed by atoms with van der Waals surface area (Å²) in [4.78, 5) is 53.5. The Labute approximate surface area is 217 Å². The van der Waals surface area contributed by atoms with E-state index >= 15 is 0 Å². The van der Waals surface area contributed by atoms with Crippen LogP contribution in [0.25, 0.3) is 0 Å². The maximum atomic E-state index is 13.3. The van der Waals surface area contributed by atoms with E-state index in [2.05, 4.69) is 11.4 Å². The van der Waals surface area contributed by atoms with Crippen molar-refractivity contribution in [1.82, 2.24) is 15.1 Å². The molecular formula is C28H37N3O6. The number of nitrogens with one attached hydrogen (secondary N) is 1. The van der Waals surface area contributed by atoms with E-state index in [4.69, 9.17) is 0 Å². The zero-order valence-corrected chi connectivity index (χ0v) is 21.2. The number of carboxylic acids is 1. The lowest BCUT2D eigenvalue weighted by molar-refractivity contribution is -0.147. The molecule has 2 unspecified atom stereocenters. The minimum Gasteiger partial charge on any atom is -0.481 e. The van der Waals surface area contributed by atoms with Crippen LogP contribution in [0.15, 0.2) is 18.2 Å². The monoisotopic (exact) mass is 511 g/mol. The van der Waals surface area contributed by atoms with Gasteiger partial charge in [0.25, 0.3) is 0 Å². The van der Waals surface area contributed by atoms with Crippen LogP contribution in [0.5, 0.6) is 0 Å². The summed E-state index contributed by atoms with van der Waals surface area (Å²) in [6.07, 6.45) is 5.05. The van der Waals surface area contributed by atoms with Gasteiger partial charge in [0.1, 0.15) is 6.23 Å². The van der Waals surface area contributed by atoms with Gasteiger partial charge in [-0.25, -0.2) is 0 Å². The number of piperidine rings is 2. The Bertz CT molecular complexity index is 1060. The molecule has 1 aromatic rings. The number of aliphatic hydroxyl groups is 1. The highest BCUT2D eigenvalue weighted by Crippen LogP contribution is 2.34. The lowest BCUT2D eigenvalue weighted by Crippen LogP contribution is -2.45. The fraction of sp³-hybridized carbons (Fsp3) is 0.643. The van der Waals surface area contributed by atoms with E-state index in [9.17, 15) is 29.4 Å². The zero-order valence-electron chi connectivity index (χ0n) is 21.2. The molecule has 2 atom stereocenters. The van der Waals surface area contributed by atoms with Crippen molar-refractivity contribution >= 4 is 23.7 Å². The van der Waals surface area contributed by atoms with E-state index in [-0.39, 0.29) is 41.4 Å². The van der Waals surface area contributed by atoms with E-state index in [0.29, 0.717) is 77.5 Å². The highest BCUT2D eigenvalue weighted by Gasteiger charge is 2.36. The lowest BCUT2D eigenvalue weighted by Gasteiger charge is -2.37. The molecule has 2 saturated heterocycles. The molecule has 0 bridgehead atoms. The highest BCUT2D eigenvalue weighted by atomic mass is 16.4. The molecule has 1 saturated carbocycles. The van der Waals surface area contributed by atoms with Crippen molar-refractivity contribution in [1.29, 1.82) is 0 Å². The van der Waals surface area contributed by atoms with Gasteiger partial charge < -0.3 is 25.3 Å². The topological polar surface area (TPSA) is 127 Å². The largest absolute Gasteiger partial charge is 0.481 e. The van der Waals surface area contributed by atoms with Crippen LogP contribution in [-0.4, -0.2) is 69.6 Å². The Hall–Kier alpha value is -2.94. The molecule has 3 fully saturated rings. The summed E-state index contributed by atoms with van der Waals surface area (Å²) in [5, 5.41) is 21.4. The molecule has 1 aliphatic carbocycles. The third-order valence-corrected chi connectivity index (χ3v) is 8.89. The molecule has 37 heavy (non-hydrogen) atoms. The van der Waals surface area contributed by atoms with Crippen LogP contribution < -0.4 is 5.32 Å². The molecule has 1 aromatic carbocycles. The van der Waals surface area contributed by atoms with Gasteiger partial charge in [-0.15, -0.1) is 0 Å². The molecule has 3 aliphatic heterocycles. The average molecular weight is 512 g/mol. The number of nitrogens with zero attached hydrogens (tertiary/aromatic N) is 2. The van der Waals surface area contributed by atoms with Crippen molar-refractivity contribution in [2.75, 3.05) is 19.6 Å².